The SMILES string of the molecule is COC(=O)c1ccc(C)c(NC(=O)C[NH+]2CC[NH+](Cc3ccc(OC)cc3)CC2)c1. The van der Waals surface area contributed by atoms with Crippen LogP contribution in [-0.2, 0) is 16.1 Å². The van der Waals surface area contributed by atoms with Crippen LogP contribution in [0.25, 0.3) is 0 Å². The van der Waals surface area contributed by atoms with Crippen LogP contribution >= 0.6 is 0 Å². The van der Waals surface area contributed by atoms with Gasteiger partial charge >= 0.3 is 5.97 Å². The van der Waals surface area contributed by atoms with Gasteiger partial charge in [-0.1, -0.05) is 6.07 Å². The fraction of sp³-hybridized carbons (Fsp3) is 0.391. The number of quaternary nitrogens is 2. The quantitative estimate of drug-likeness (QED) is 0.546. The van der Waals surface area contributed by atoms with Crippen LogP contribution < -0.4 is 19.9 Å². The Morgan fingerprint density at radius 1 is 0.967 bits per heavy atom. The van der Waals surface area contributed by atoms with Gasteiger partial charge in [0.15, 0.2) is 6.54 Å². The van der Waals surface area contributed by atoms with E-state index in [0.717, 1.165) is 44.0 Å². The minimum absolute atomic E-state index is 0.0336. The van der Waals surface area contributed by atoms with Crippen molar-refractivity contribution in [2.45, 2.75) is 13.5 Å². The minimum atomic E-state index is -0.410. The predicted octanol–water partition coefficient (Wildman–Crippen LogP) is -0.288. The molecule has 1 fully saturated rings. The largest absolute Gasteiger partial charge is 0.497 e. The number of carbonyl (C=O) groups excluding carboxylic acids is 2. The molecular formula is C23H31N3O4+2. The monoisotopic (exact) mass is 413 g/mol. The Balaban J connectivity index is 1.47. The third kappa shape index (κ3) is 5.81. The molecule has 7 nitrogen and oxygen atoms in total. The third-order valence-corrected chi connectivity index (χ3v) is 5.62. The fourth-order valence-corrected chi connectivity index (χ4v) is 3.77. The maximum Gasteiger partial charge on any atom is 0.337 e. The predicted molar refractivity (Wildman–Crippen MR) is 114 cm³/mol. The number of benzene rings is 2. The maximum absolute atomic E-state index is 12.5. The van der Waals surface area contributed by atoms with Crippen molar-refractivity contribution in [3.05, 3.63) is 59.2 Å². The molecule has 1 aliphatic rings. The molecule has 2 aromatic rings. The molecule has 1 heterocycles. The first-order chi connectivity index (χ1) is 14.5. The second-order valence-electron chi connectivity index (χ2n) is 7.77. The standard InChI is InChI=1S/C23H29N3O4/c1-17-4-7-19(23(28)30-3)14-21(17)24-22(27)16-26-12-10-25(11-13-26)15-18-5-8-20(29-2)9-6-18/h4-9,14H,10-13,15-16H2,1-3H3,(H,24,27)/p+2. The highest BCUT2D eigenvalue weighted by molar-refractivity contribution is 5.95. The highest BCUT2D eigenvalue weighted by Crippen LogP contribution is 2.17. The summed E-state index contributed by atoms with van der Waals surface area (Å²) in [5, 5.41) is 2.95. The number of rotatable bonds is 7. The van der Waals surface area contributed by atoms with E-state index in [9.17, 15) is 9.59 Å². The number of methoxy groups -OCH3 is 2. The Morgan fingerprint density at radius 3 is 2.27 bits per heavy atom. The second kappa shape index (κ2) is 10.2. The normalized spacial score (nSPS) is 18.5. The Kier molecular flexibility index (Phi) is 7.43. The molecule has 0 saturated carbocycles. The lowest BCUT2D eigenvalue weighted by Crippen LogP contribution is -3.28. The van der Waals surface area contributed by atoms with Crippen LogP contribution in [0.2, 0.25) is 0 Å². The molecule has 1 amide bonds. The van der Waals surface area contributed by atoms with Gasteiger partial charge in [-0.05, 0) is 48.9 Å². The van der Waals surface area contributed by atoms with Crippen LogP contribution in [0.5, 0.6) is 5.75 Å². The molecule has 0 radical (unpaired) electrons. The number of piperazine rings is 1. The zero-order chi connectivity index (χ0) is 21.5. The van der Waals surface area contributed by atoms with Crippen LogP contribution in [0.15, 0.2) is 42.5 Å². The second-order valence-corrected chi connectivity index (χ2v) is 7.77. The lowest BCUT2D eigenvalue weighted by atomic mass is 10.1. The van der Waals surface area contributed by atoms with Gasteiger partial charge in [0.1, 0.15) is 38.5 Å². The fourth-order valence-electron chi connectivity index (χ4n) is 3.77. The average Bonchev–Trinajstić information content (AvgIpc) is 2.76. The molecule has 3 N–H and O–H groups in total. The first-order valence-corrected chi connectivity index (χ1v) is 10.3. The zero-order valence-corrected chi connectivity index (χ0v) is 17.9. The van der Waals surface area contributed by atoms with Gasteiger partial charge in [0.25, 0.3) is 5.91 Å². The van der Waals surface area contributed by atoms with Crippen LogP contribution in [0.3, 0.4) is 0 Å². The molecular weight excluding hydrogens is 382 g/mol. The molecule has 30 heavy (non-hydrogen) atoms. The lowest BCUT2D eigenvalue weighted by Gasteiger charge is -2.29. The highest BCUT2D eigenvalue weighted by Gasteiger charge is 2.25. The van der Waals surface area contributed by atoms with Crippen molar-refractivity contribution in [3.63, 3.8) is 0 Å². The first kappa shape index (κ1) is 21.8. The van der Waals surface area contributed by atoms with Crippen LogP contribution in [0, 0.1) is 6.92 Å². The van der Waals surface area contributed by atoms with Crippen LogP contribution in [0.4, 0.5) is 5.69 Å². The van der Waals surface area contributed by atoms with E-state index in [0.29, 0.717) is 17.8 Å². The molecule has 3 rings (SSSR count). The maximum atomic E-state index is 12.5. The summed E-state index contributed by atoms with van der Waals surface area (Å²) in [7, 11) is 3.02. The molecule has 0 aliphatic carbocycles. The Labute approximate surface area is 177 Å². The van der Waals surface area contributed by atoms with Gasteiger partial charge in [-0.15, -0.1) is 0 Å². The van der Waals surface area contributed by atoms with Gasteiger partial charge in [0.2, 0.25) is 0 Å². The van der Waals surface area contributed by atoms with Crippen molar-refractivity contribution >= 4 is 17.6 Å². The summed E-state index contributed by atoms with van der Waals surface area (Å²) >= 11 is 0. The van der Waals surface area contributed by atoms with Crippen LogP contribution in [0.1, 0.15) is 21.5 Å². The number of hydrogen-bond acceptors (Lipinski definition) is 4. The minimum Gasteiger partial charge on any atom is -0.497 e. The lowest BCUT2D eigenvalue weighted by molar-refractivity contribution is -1.02. The number of hydrogen-bond donors (Lipinski definition) is 3. The third-order valence-electron chi connectivity index (χ3n) is 5.62. The number of aryl methyl sites for hydroxylation is 1. The first-order valence-electron chi connectivity index (χ1n) is 10.3. The molecule has 0 aromatic heterocycles. The van der Waals surface area contributed by atoms with E-state index in [1.54, 1.807) is 19.2 Å². The summed E-state index contributed by atoms with van der Waals surface area (Å²) in [4.78, 5) is 27.1. The highest BCUT2D eigenvalue weighted by atomic mass is 16.5. The van der Waals surface area contributed by atoms with Crippen molar-refractivity contribution in [1.29, 1.82) is 0 Å². The number of anilines is 1. The summed E-state index contributed by atoms with van der Waals surface area (Å²) in [5.41, 5.74) is 3.31. The van der Waals surface area contributed by atoms with E-state index in [1.807, 2.05) is 25.1 Å². The smallest absolute Gasteiger partial charge is 0.337 e. The number of ether oxygens (including phenoxy) is 2. The van der Waals surface area contributed by atoms with E-state index >= 15 is 0 Å². The number of amides is 1. The number of carbonyl (C=O) groups is 2. The van der Waals surface area contributed by atoms with E-state index in [2.05, 4.69) is 17.4 Å². The molecule has 0 unspecified atom stereocenters. The van der Waals surface area contributed by atoms with Gasteiger partial charge in [-0.25, -0.2) is 4.79 Å². The van der Waals surface area contributed by atoms with Crippen molar-refractivity contribution < 1.29 is 28.9 Å². The summed E-state index contributed by atoms with van der Waals surface area (Å²) in [5.74, 6) is 0.433. The molecule has 2 aromatic carbocycles. The molecule has 160 valence electrons. The average molecular weight is 414 g/mol. The van der Waals surface area contributed by atoms with Crippen molar-refractivity contribution in [3.8, 4) is 5.75 Å². The van der Waals surface area contributed by atoms with Crippen molar-refractivity contribution in [1.82, 2.24) is 0 Å². The molecule has 0 spiro atoms. The van der Waals surface area contributed by atoms with Crippen molar-refractivity contribution in [2.75, 3.05) is 52.3 Å². The molecule has 0 atom stereocenters. The molecule has 1 saturated heterocycles. The molecule has 0 bridgehead atoms. The number of esters is 1. The van der Waals surface area contributed by atoms with E-state index in [1.165, 1.54) is 22.5 Å². The zero-order valence-electron chi connectivity index (χ0n) is 17.9. The Morgan fingerprint density at radius 2 is 1.63 bits per heavy atom. The van der Waals surface area contributed by atoms with E-state index in [4.69, 9.17) is 9.47 Å². The van der Waals surface area contributed by atoms with Gasteiger partial charge in [-0.2, -0.15) is 0 Å². The van der Waals surface area contributed by atoms with Gasteiger partial charge in [0, 0.05) is 11.3 Å². The van der Waals surface area contributed by atoms with Gasteiger partial charge in [0.05, 0.1) is 19.8 Å². The Bertz CT molecular complexity index is 875. The van der Waals surface area contributed by atoms with E-state index < -0.39 is 5.97 Å². The van der Waals surface area contributed by atoms with Gasteiger partial charge < -0.3 is 24.6 Å². The summed E-state index contributed by atoms with van der Waals surface area (Å²) < 4.78 is 9.97. The van der Waals surface area contributed by atoms with Crippen LogP contribution in [-0.4, -0.2) is 58.8 Å². The summed E-state index contributed by atoms with van der Waals surface area (Å²) in [6.45, 7) is 7.31. The topological polar surface area (TPSA) is 73.5 Å². The molecule has 1 aliphatic heterocycles. The summed E-state index contributed by atoms with van der Waals surface area (Å²) in [6, 6.07) is 13.4. The Hall–Kier alpha value is -2.90. The van der Waals surface area contributed by atoms with Gasteiger partial charge in [-0.3, -0.25) is 4.79 Å². The molecule has 7 heteroatoms. The van der Waals surface area contributed by atoms with E-state index in [-0.39, 0.29) is 5.91 Å². The summed E-state index contributed by atoms with van der Waals surface area (Å²) in [6.07, 6.45) is 0. The number of nitrogens with one attached hydrogen (secondary N) is 3. The van der Waals surface area contributed by atoms with Crippen molar-refractivity contribution in [2.24, 2.45) is 0 Å².